The van der Waals surface area contributed by atoms with Gasteiger partial charge in [0.05, 0.1) is 17.3 Å². The van der Waals surface area contributed by atoms with E-state index in [1.165, 1.54) is 11.8 Å². The number of aliphatic carboxylic acids is 1. The number of hydrogen-bond acceptors (Lipinski definition) is 5. The molecule has 1 fully saturated rings. The Balaban J connectivity index is 2.39. The average Bonchev–Trinajstić information content (AvgIpc) is 2.70. The molecule has 2 unspecified atom stereocenters. The van der Waals surface area contributed by atoms with E-state index >= 15 is 0 Å². The summed E-state index contributed by atoms with van der Waals surface area (Å²) in [7, 11) is -2.95. The van der Waals surface area contributed by atoms with Crippen molar-refractivity contribution in [2.45, 2.75) is 51.3 Å². The molecular weight excluding hydrogens is 326 g/mol. The first-order valence-electron chi connectivity index (χ1n) is 7.33. The van der Waals surface area contributed by atoms with Crippen LogP contribution in [0, 0.1) is 5.41 Å². The van der Waals surface area contributed by atoms with Gasteiger partial charge in [-0.05, 0) is 24.7 Å². The minimum absolute atomic E-state index is 0.00534. The Kier molecular flexibility index (Phi) is 6.73. The van der Waals surface area contributed by atoms with Gasteiger partial charge in [0.15, 0.2) is 9.84 Å². The third-order valence-electron chi connectivity index (χ3n) is 3.46. The number of nitrogens with one attached hydrogen (secondary N) is 1. The topological polar surface area (TPSA) is 101 Å². The van der Waals surface area contributed by atoms with Crippen LogP contribution in [0.1, 0.15) is 40.0 Å². The summed E-state index contributed by atoms with van der Waals surface area (Å²) in [6.07, 6.45) is 1.64. The molecule has 2 N–H and O–H groups in total. The average molecular weight is 351 g/mol. The van der Waals surface area contributed by atoms with Gasteiger partial charge in [0.1, 0.15) is 6.04 Å². The molecule has 1 heterocycles. The molecule has 0 radical (unpaired) electrons. The highest BCUT2D eigenvalue weighted by molar-refractivity contribution is 8.02. The summed E-state index contributed by atoms with van der Waals surface area (Å²) in [6.45, 7) is 6.05. The van der Waals surface area contributed by atoms with Gasteiger partial charge in [-0.15, -0.1) is 11.8 Å². The Morgan fingerprint density at radius 2 is 2.00 bits per heavy atom. The zero-order valence-electron chi connectivity index (χ0n) is 13.3. The van der Waals surface area contributed by atoms with Crippen LogP contribution in [0.4, 0.5) is 0 Å². The highest BCUT2D eigenvalue weighted by Crippen LogP contribution is 2.24. The normalized spacial score (nSPS) is 22.2. The van der Waals surface area contributed by atoms with Gasteiger partial charge in [0.2, 0.25) is 5.91 Å². The van der Waals surface area contributed by atoms with E-state index in [2.05, 4.69) is 5.32 Å². The fraction of sp³-hybridized carbons (Fsp3) is 0.857. The summed E-state index contributed by atoms with van der Waals surface area (Å²) < 4.78 is 22.7. The molecule has 0 aromatic heterocycles. The van der Waals surface area contributed by atoms with Crippen molar-refractivity contribution in [3.8, 4) is 0 Å². The van der Waals surface area contributed by atoms with Crippen LogP contribution in [0.25, 0.3) is 0 Å². The first-order chi connectivity index (χ1) is 9.98. The molecule has 128 valence electrons. The van der Waals surface area contributed by atoms with E-state index in [0.29, 0.717) is 19.3 Å². The number of carbonyl (C=O) groups excluding carboxylic acids is 1. The first-order valence-corrected chi connectivity index (χ1v) is 10.2. The third-order valence-corrected chi connectivity index (χ3v) is 6.74. The molecule has 22 heavy (non-hydrogen) atoms. The number of rotatable bonds is 7. The molecule has 0 bridgehead atoms. The monoisotopic (exact) mass is 351 g/mol. The van der Waals surface area contributed by atoms with Gasteiger partial charge < -0.3 is 10.4 Å². The van der Waals surface area contributed by atoms with Gasteiger partial charge in [-0.1, -0.05) is 20.8 Å². The number of carboxylic acids is 1. The molecule has 0 aliphatic carbocycles. The fourth-order valence-corrected chi connectivity index (χ4v) is 5.61. The van der Waals surface area contributed by atoms with E-state index in [-0.39, 0.29) is 33.8 Å². The van der Waals surface area contributed by atoms with Crippen LogP contribution in [-0.4, -0.2) is 54.0 Å². The first kappa shape index (κ1) is 19.3. The SMILES string of the molecule is CC(C)(C)CCC(NC(=O)CSC1CCS(=O)(=O)C1)C(=O)O. The lowest BCUT2D eigenvalue weighted by Gasteiger charge is -2.21. The third kappa shape index (κ3) is 7.49. The van der Waals surface area contributed by atoms with Crippen molar-refractivity contribution in [2.75, 3.05) is 17.3 Å². The van der Waals surface area contributed by atoms with Gasteiger partial charge in [0, 0.05) is 5.25 Å². The highest BCUT2D eigenvalue weighted by Gasteiger charge is 2.29. The lowest BCUT2D eigenvalue weighted by Crippen LogP contribution is -2.42. The number of amides is 1. The molecule has 2 atom stereocenters. The number of hydrogen-bond donors (Lipinski definition) is 2. The summed E-state index contributed by atoms with van der Waals surface area (Å²) in [4.78, 5) is 23.1. The molecule has 0 spiro atoms. The van der Waals surface area contributed by atoms with Crippen LogP contribution in [0.15, 0.2) is 0 Å². The zero-order chi connectivity index (χ0) is 17.0. The smallest absolute Gasteiger partial charge is 0.326 e. The minimum Gasteiger partial charge on any atom is -0.480 e. The second-order valence-electron chi connectivity index (χ2n) is 6.89. The minimum atomic E-state index is -2.95. The predicted molar refractivity (Wildman–Crippen MR) is 87.8 cm³/mol. The van der Waals surface area contributed by atoms with Crippen LogP contribution >= 0.6 is 11.8 Å². The van der Waals surface area contributed by atoms with E-state index in [4.69, 9.17) is 5.11 Å². The molecular formula is C14H25NO5S2. The van der Waals surface area contributed by atoms with E-state index in [1.807, 2.05) is 20.8 Å². The van der Waals surface area contributed by atoms with Gasteiger partial charge in [-0.25, -0.2) is 13.2 Å². The van der Waals surface area contributed by atoms with Crippen LogP contribution in [0.3, 0.4) is 0 Å². The van der Waals surface area contributed by atoms with Crippen LogP contribution in [0.2, 0.25) is 0 Å². The lowest BCUT2D eigenvalue weighted by atomic mass is 9.88. The molecule has 0 aromatic rings. The standard InChI is InChI=1S/C14H25NO5S2/c1-14(2,3)6-4-11(13(17)18)15-12(16)8-21-10-5-7-22(19,20)9-10/h10-11H,4-9H2,1-3H3,(H,15,16)(H,17,18). The van der Waals surface area contributed by atoms with Crippen LogP contribution in [-0.2, 0) is 19.4 Å². The quantitative estimate of drug-likeness (QED) is 0.717. The van der Waals surface area contributed by atoms with Crippen molar-refractivity contribution in [1.82, 2.24) is 5.32 Å². The lowest BCUT2D eigenvalue weighted by molar-refractivity contribution is -0.141. The second-order valence-corrected chi connectivity index (χ2v) is 10.4. The Labute approximate surface area is 136 Å². The highest BCUT2D eigenvalue weighted by atomic mass is 32.2. The molecule has 1 aliphatic rings. The van der Waals surface area contributed by atoms with Crippen molar-refractivity contribution in [3.05, 3.63) is 0 Å². The Morgan fingerprint density at radius 3 is 2.45 bits per heavy atom. The molecule has 8 heteroatoms. The van der Waals surface area contributed by atoms with Gasteiger partial charge in [-0.3, -0.25) is 4.79 Å². The van der Waals surface area contributed by atoms with Crippen LogP contribution in [0.5, 0.6) is 0 Å². The Bertz CT molecular complexity index is 510. The van der Waals surface area contributed by atoms with Crippen molar-refractivity contribution in [3.63, 3.8) is 0 Å². The van der Waals surface area contributed by atoms with E-state index in [0.717, 1.165) is 0 Å². The summed E-state index contributed by atoms with van der Waals surface area (Å²) in [5, 5.41) is 11.6. The molecule has 1 aliphatic heterocycles. The maximum atomic E-state index is 11.9. The number of carbonyl (C=O) groups is 2. The summed E-state index contributed by atoms with van der Waals surface area (Å²) in [5.41, 5.74) is 0.00534. The van der Waals surface area contributed by atoms with E-state index < -0.39 is 21.8 Å². The maximum absolute atomic E-state index is 11.9. The molecule has 1 amide bonds. The number of carboxylic acid groups (broad SMARTS) is 1. The van der Waals surface area contributed by atoms with E-state index in [1.54, 1.807) is 0 Å². The molecule has 6 nitrogen and oxygen atoms in total. The Morgan fingerprint density at radius 1 is 1.36 bits per heavy atom. The van der Waals surface area contributed by atoms with Crippen LogP contribution < -0.4 is 5.32 Å². The largest absolute Gasteiger partial charge is 0.480 e. The zero-order valence-corrected chi connectivity index (χ0v) is 14.9. The number of sulfone groups is 1. The fourth-order valence-electron chi connectivity index (χ4n) is 2.16. The summed E-state index contributed by atoms with van der Waals surface area (Å²) >= 11 is 1.29. The summed E-state index contributed by atoms with van der Waals surface area (Å²) in [5.74, 6) is -1.01. The van der Waals surface area contributed by atoms with Crippen molar-refractivity contribution in [1.29, 1.82) is 0 Å². The number of thioether (sulfide) groups is 1. The van der Waals surface area contributed by atoms with Gasteiger partial charge in [0.25, 0.3) is 0 Å². The van der Waals surface area contributed by atoms with Gasteiger partial charge in [-0.2, -0.15) is 0 Å². The van der Waals surface area contributed by atoms with Crippen molar-refractivity contribution in [2.24, 2.45) is 5.41 Å². The maximum Gasteiger partial charge on any atom is 0.326 e. The molecule has 0 saturated carbocycles. The van der Waals surface area contributed by atoms with Gasteiger partial charge >= 0.3 is 5.97 Å². The van der Waals surface area contributed by atoms with Crippen molar-refractivity contribution < 1.29 is 23.1 Å². The summed E-state index contributed by atoms with van der Waals surface area (Å²) in [6, 6.07) is -0.889. The van der Waals surface area contributed by atoms with E-state index in [9.17, 15) is 18.0 Å². The van der Waals surface area contributed by atoms with Crippen molar-refractivity contribution >= 4 is 33.5 Å². The molecule has 1 saturated heterocycles. The molecule has 0 aromatic carbocycles. The second kappa shape index (κ2) is 7.68. The Hall–Kier alpha value is -0.760. The molecule has 1 rings (SSSR count). The predicted octanol–water partition coefficient (Wildman–Crippen LogP) is 1.30.